The second-order valence-corrected chi connectivity index (χ2v) is 2.52. The van der Waals surface area contributed by atoms with Crippen LogP contribution in [-0.4, -0.2) is 30.7 Å². The monoisotopic (exact) mass is 167 g/mol. The molecule has 0 bridgehead atoms. The first kappa shape index (κ1) is 8.77. The molecule has 0 radical (unpaired) electrons. The molecule has 1 heterocycles. The van der Waals surface area contributed by atoms with Gasteiger partial charge in [-0.1, -0.05) is 0 Å². The van der Waals surface area contributed by atoms with Crippen molar-refractivity contribution < 1.29 is 4.74 Å². The van der Waals surface area contributed by atoms with Crippen LogP contribution in [0.2, 0.25) is 0 Å². The minimum atomic E-state index is 0.621. The molecular weight excluding hydrogens is 154 g/mol. The number of rotatable bonds is 3. The molecule has 0 spiro atoms. The summed E-state index contributed by atoms with van der Waals surface area (Å²) < 4.78 is 5.22. The maximum absolute atomic E-state index is 5.22. The number of ether oxygens (including phenoxy) is 1. The predicted molar refractivity (Wildman–Crippen MR) is 47.5 cm³/mol. The highest BCUT2D eigenvalue weighted by Crippen LogP contribution is 2.09. The predicted octanol–water partition coefficient (Wildman–Crippen LogP) is 0.941. The van der Waals surface area contributed by atoms with Crippen molar-refractivity contribution in [1.82, 2.24) is 9.97 Å². The van der Waals surface area contributed by atoms with E-state index in [1.807, 2.05) is 25.9 Å². The van der Waals surface area contributed by atoms with Crippen molar-refractivity contribution >= 4 is 5.95 Å². The maximum Gasteiger partial charge on any atom is 0.228 e. The van der Waals surface area contributed by atoms with E-state index in [-0.39, 0.29) is 0 Å². The highest BCUT2D eigenvalue weighted by Gasteiger charge is 1.99. The molecule has 0 aliphatic rings. The zero-order chi connectivity index (χ0) is 8.97. The molecule has 1 rings (SSSR count). The van der Waals surface area contributed by atoms with Crippen LogP contribution in [-0.2, 0) is 0 Å². The van der Waals surface area contributed by atoms with Crippen molar-refractivity contribution in [3.05, 3.63) is 12.3 Å². The topological polar surface area (TPSA) is 38.2 Å². The van der Waals surface area contributed by atoms with Crippen molar-refractivity contribution in [2.45, 2.75) is 6.92 Å². The summed E-state index contributed by atoms with van der Waals surface area (Å²) in [6, 6.07) is 1.75. The molecule has 0 aliphatic carbocycles. The average Bonchev–Trinajstić information content (AvgIpc) is 2.05. The van der Waals surface area contributed by atoms with Crippen molar-refractivity contribution in [2.24, 2.45) is 0 Å². The van der Waals surface area contributed by atoms with Gasteiger partial charge in [-0.15, -0.1) is 0 Å². The fourth-order valence-electron chi connectivity index (χ4n) is 0.776. The van der Waals surface area contributed by atoms with E-state index in [9.17, 15) is 0 Å². The van der Waals surface area contributed by atoms with E-state index in [0.717, 1.165) is 0 Å². The fourth-order valence-corrected chi connectivity index (χ4v) is 0.776. The summed E-state index contributed by atoms with van der Waals surface area (Å²) in [5.74, 6) is 1.29. The normalized spacial score (nSPS) is 9.58. The third kappa shape index (κ3) is 2.08. The average molecular weight is 167 g/mol. The number of aromatic nitrogens is 2. The Labute approximate surface area is 72.2 Å². The Bertz CT molecular complexity index is 250. The largest absolute Gasteiger partial charge is 0.478 e. The summed E-state index contributed by atoms with van der Waals surface area (Å²) in [5.41, 5.74) is 0. The van der Waals surface area contributed by atoms with Crippen LogP contribution in [0.25, 0.3) is 0 Å². The lowest BCUT2D eigenvalue weighted by Crippen LogP contribution is -2.12. The summed E-state index contributed by atoms with van der Waals surface area (Å²) in [7, 11) is 3.79. The van der Waals surface area contributed by atoms with Crippen LogP contribution < -0.4 is 9.64 Å². The molecule has 0 saturated carbocycles. The maximum atomic E-state index is 5.22. The van der Waals surface area contributed by atoms with Crippen LogP contribution in [0.3, 0.4) is 0 Å². The Morgan fingerprint density at radius 1 is 1.50 bits per heavy atom. The first-order valence-corrected chi connectivity index (χ1v) is 3.87. The Kier molecular flexibility index (Phi) is 2.85. The molecule has 12 heavy (non-hydrogen) atoms. The molecule has 0 N–H and O–H groups in total. The van der Waals surface area contributed by atoms with Crippen LogP contribution in [0.1, 0.15) is 6.92 Å². The second kappa shape index (κ2) is 3.90. The third-order valence-electron chi connectivity index (χ3n) is 1.31. The molecule has 0 aromatic carbocycles. The molecule has 0 amide bonds. The van der Waals surface area contributed by atoms with Gasteiger partial charge in [0.25, 0.3) is 0 Å². The molecule has 1 aromatic heterocycles. The van der Waals surface area contributed by atoms with E-state index in [4.69, 9.17) is 4.74 Å². The van der Waals surface area contributed by atoms with Crippen LogP contribution in [0.5, 0.6) is 5.88 Å². The molecule has 4 heteroatoms. The van der Waals surface area contributed by atoms with Gasteiger partial charge in [0.1, 0.15) is 0 Å². The van der Waals surface area contributed by atoms with Gasteiger partial charge < -0.3 is 9.64 Å². The van der Waals surface area contributed by atoms with Gasteiger partial charge in [-0.3, -0.25) is 0 Å². The quantitative estimate of drug-likeness (QED) is 0.671. The lowest BCUT2D eigenvalue weighted by Gasteiger charge is -2.10. The summed E-state index contributed by atoms with van der Waals surface area (Å²) in [6.45, 7) is 2.56. The van der Waals surface area contributed by atoms with Crippen molar-refractivity contribution in [1.29, 1.82) is 0 Å². The van der Waals surface area contributed by atoms with Gasteiger partial charge in [-0.05, 0) is 6.92 Å². The minimum Gasteiger partial charge on any atom is -0.478 e. The molecule has 1 aromatic rings. The van der Waals surface area contributed by atoms with E-state index in [1.165, 1.54) is 0 Å². The van der Waals surface area contributed by atoms with Gasteiger partial charge in [0.05, 0.1) is 6.61 Å². The molecule has 0 saturated heterocycles. The van der Waals surface area contributed by atoms with Gasteiger partial charge in [-0.2, -0.15) is 4.98 Å². The van der Waals surface area contributed by atoms with E-state index in [1.54, 1.807) is 12.3 Å². The van der Waals surface area contributed by atoms with Gasteiger partial charge in [0.15, 0.2) is 0 Å². The highest BCUT2D eigenvalue weighted by atomic mass is 16.5. The first-order chi connectivity index (χ1) is 5.74. The van der Waals surface area contributed by atoms with Gasteiger partial charge in [-0.25, -0.2) is 4.98 Å². The molecule has 4 nitrogen and oxygen atoms in total. The van der Waals surface area contributed by atoms with Crippen molar-refractivity contribution in [2.75, 3.05) is 25.6 Å². The van der Waals surface area contributed by atoms with Crippen LogP contribution >= 0.6 is 0 Å². The van der Waals surface area contributed by atoms with E-state index < -0.39 is 0 Å². The summed E-state index contributed by atoms with van der Waals surface area (Å²) >= 11 is 0. The summed E-state index contributed by atoms with van der Waals surface area (Å²) in [6.07, 6.45) is 1.69. The van der Waals surface area contributed by atoms with Crippen LogP contribution in [0, 0.1) is 0 Å². The third-order valence-corrected chi connectivity index (χ3v) is 1.31. The SMILES string of the molecule is CCOc1ccnc(N(C)C)n1. The lowest BCUT2D eigenvalue weighted by molar-refractivity contribution is 0.326. The molecule has 0 aliphatic heterocycles. The van der Waals surface area contributed by atoms with Crippen LogP contribution in [0.15, 0.2) is 12.3 Å². The van der Waals surface area contributed by atoms with Crippen molar-refractivity contribution in [3.8, 4) is 5.88 Å². The van der Waals surface area contributed by atoms with E-state index in [2.05, 4.69) is 9.97 Å². The highest BCUT2D eigenvalue weighted by molar-refractivity contribution is 5.28. The molecular formula is C8H13N3O. The van der Waals surface area contributed by atoms with Crippen LogP contribution in [0.4, 0.5) is 5.95 Å². The van der Waals surface area contributed by atoms with E-state index in [0.29, 0.717) is 18.4 Å². The fraction of sp³-hybridized carbons (Fsp3) is 0.500. The number of hydrogen-bond donors (Lipinski definition) is 0. The molecule has 0 fully saturated rings. The van der Waals surface area contributed by atoms with Crippen molar-refractivity contribution in [3.63, 3.8) is 0 Å². The Balaban J connectivity index is 2.81. The number of nitrogens with zero attached hydrogens (tertiary/aromatic N) is 3. The number of anilines is 1. The molecule has 0 atom stereocenters. The Morgan fingerprint density at radius 3 is 2.83 bits per heavy atom. The van der Waals surface area contributed by atoms with Gasteiger partial charge >= 0.3 is 0 Å². The zero-order valence-electron chi connectivity index (χ0n) is 7.61. The molecule has 66 valence electrons. The standard InChI is InChI=1S/C8H13N3O/c1-4-12-7-5-6-9-8(10-7)11(2)3/h5-6H,4H2,1-3H3. The van der Waals surface area contributed by atoms with Gasteiger partial charge in [0, 0.05) is 26.4 Å². The Morgan fingerprint density at radius 2 is 2.25 bits per heavy atom. The molecule has 0 unspecified atom stereocenters. The lowest BCUT2D eigenvalue weighted by atomic mass is 10.6. The van der Waals surface area contributed by atoms with E-state index >= 15 is 0 Å². The number of hydrogen-bond acceptors (Lipinski definition) is 4. The zero-order valence-corrected chi connectivity index (χ0v) is 7.61. The second-order valence-electron chi connectivity index (χ2n) is 2.52. The summed E-state index contributed by atoms with van der Waals surface area (Å²) in [4.78, 5) is 10.0. The smallest absolute Gasteiger partial charge is 0.228 e. The summed E-state index contributed by atoms with van der Waals surface area (Å²) in [5, 5.41) is 0. The Hall–Kier alpha value is -1.32. The minimum absolute atomic E-state index is 0.621. The first-order valence-electron chi connectivity index (χ1n) is 3.87. The van der Waals surface area contributed by atoms with Gasteiger partial charge in [0.2, 0.25) is 11.8 Å².